The number of rotatable bonds is 7. The molecule has 0 heterocycles. The third-order valence-corrected chi connectivity index (χ3v) is 2.37. The summed E-state index contributed by atoms with van der Waals surface area (Å²) in [6.45, 7) is 5.35. The highest BCUT2D eigenvalue weighted by Gasteiger charge is 1.98. The average molecular weight is 268 g/mol. The van der Waals surface area contributed by atoms with E-state index in [-0.39, 0.29) is 0 Å². The Morgan fingerprint density at radius 1 is 1.22 bits per heavy atom. The van der Waals surface area contributed by atoms with Gasteiger partial charge in [0.2, 0.25) is 0 Å². The summed E-state index contributed by atoms with van der Waals surface area (Å²) in [5, 5.41) is 3.45. The Morgan fingerprint density at radius 2 is 1.94 bits per heavy atom. The Bertz CT molecular complexity index is 355. The van der Waals surface area contributed by atoms with Crippen molar-refractivity contribution >= 4 is 23.0 Å². The molecule has 18 heavy (non-hydrogen) atoms. The number of hydrogen-bond donors (Lipinski definition) is 2. The fourth-order valence-corrected chi connectivity index (χ4v) is 1.44. The Hall–Kier alpha value is -1.33. The lowest BCUT2D eigenvalue weighted by Crippen LogP contribution is -2.28. The highest BCUT2D eigenvalue weighted by atomic mass is 32.1. The fraction of sp³-hybridized carbons (Fsp3) is 0.462. The number of hydroxylamine groups is 1. The van der Waals surface area contributed by atoms with E-state index in [0.717, 1.165) is 30.9 Å². The topological polar surface area (TPSA) is 42.5 Å². The monoisotopic (exact) mass is 268 g/mol. The van der Waals surface area contributed by atoms with Gasteiger partial charge in [0.25, 0.3) is 0 Å². The Labute approximate surface area is 114 Å². The Morgan fingerprint density at radius 3 is 2.56 bits per heavy atom. The van der Waals surface area contributed by atoms with Gasteiger partial charge in [-0.25, -0.2) is 5.48 Å². The molecule has 4 nitrogen and oxygen atoms in total. The van der Waals surface area contributed by atoms with Crippen LogP contribution in [0.25, 0.3) is 0 Å². The summed E-state index contributed by atoms with van der Waals surface area (Å²) < 4.78 is 5.57. The molecule has 5 heteroatoms. The molecular weight excluding hydrogens is 248 g/mol. The predicted octanol–water partition coefficient (Wildman–Crippen LogP) is 3.10. The van der Waals surface area contributed by atoms with Gasteiger partial charge in [0.05, 0.1) is 13.2 Å². The van der Waals surface area contributed by atoms with Gasteiger partial charge in [-0.05, 0) is 49.8 Å². The molecule has 0 amide bonds. The Kier molecular flexibility index (Phi) is 7.13. The molecule has 0 saturated heterocycles. The lowest BCUT2D eigenvalue weighted by molar-refractivity contribution is 0.0986. The third-order valence-electron chi connectivity index (χ3n) is 2.19. The summed E-state index contributed by atoms with van der Waals surface area (Å²) >= 11 is 5.04. The first-order chi connectivity index (χ1) is 8.76. The van der Waals surface area contributed by atoms with Crippen LogP contribution in [0.3, 0.4) is 0 Å². The highest BCUT2D eigenvalue weighted by molar-refractivity contribution is 7.80. The van der Waals surface area contributed by atoms with Gasteiger partial charge >= 0.3 is 0 Å². The van der Waals surface area contributed by atoms with Crippen molar-refractivity contribution in [1.82, 2.24) is 5.48 Å². The van der Waals surface area contributed by atoms with Crippen LogP contribution < -0.4 is 15.5 Å². The number of anilines is 1. The molecule has 100 valence electrons. The smallest absolute Gasteiger partial charge is 0.195 e. The molecule has 0 fully saturated rings. The normalized spacial score (nSPS) is 9.89. The van der Waals surface area contributed by atoms with Gasteiger partial charge in [-0.3, -0.25) is 4.84 Å². The summed E-state index contributed by atoms with van der Waals surface area (Å²) in [5.41, 5.74) is 3.52. The predicted molar refractivity (Wildman–Crippen MR) is 77.8 cm³/mol. The molecule has 1 aromatic rings. The van der Waals surface area contributed by atoms with Gasteiger partial charge in [0.15, 0.2) is 5.11 Å². The van der Waals surface area contributed by atoms with Gasteiger partial charge in [-0.1, -0.05) is 13.3 Å². The van der Waals surface area contributed by atoms with Gasteiger partial charge in [-0.2, -0.15) is 0 Å². The minimum Gasteiger partial charge on any atom is -0.494 e. The molecule has 2 N–H and O–H groups in total. The van der Waals surface area contributed by atoms with E-state index in [1.807, 2.05) is 31.2 Å². The van der Waals surface area contributed by atoms with Crippen LogP contribution in [0.5, 0.6) is 5.75 Å². The number of thiocarbonyl (C=S) groups is 1. The van der Waals surface area contributed by atoms with Crippen LogP contribution in [0, 0.1) is 0 Å². The Balaban J connectivity index is 2.37. The molecule has 0 aliphatic carbocycles. The first-order valence-electron chi connectivity index (χ1n) is 6.18. The van der Waals surface area contributed by atoms with E-state index in [4.69, 9.17) is 21.8 Å². The maximum absolute atomic E-state index is 5.57. The molecule has 0 aliphatic rings. The second-order valence-corrected chi connectivity index (χ2v) is 4.12. The molecule has 0 spiro atoms. The van der Waals surface area contributed by atoms with E-state index in [1.165, 1.54) is 0 Å². The van der Waals surface area contributed by atoms with Crippen molar-refractivity contribution in [3.8, 4) is 5.75 Å². The lowest BCUT2D eigenvalue weighted by atomic mass is 10.3. The van der Waals surface area contributed by atoms with Crippen molar-refractivity contribution in [1.29, 1.82) is 0 Å². The summed E-state index contributed by atoms with van der Waals surface area (Å²) in [6.07, 6.45) is 2.21. The molecule has 0 unspecified atom stereocenters. The molecule has 1 rings (SSSR count). The zero-order chi connectivity index (χ0) is 13.2. The van der Waals surface area contributed by atoms with E-state index < -0.39 is 0 Å². The number of nitrogens with one attached hydrogen (secondary N) is 2. The van der Waals surface area contributed by atoms with Crippen LogP contribution in [0.2, 0.25) is 0 Å². The van der Waals surface area contributed by atoms with Crippen LogP contribution in [0.1, 0.15) is 26.7 Å². The lowest BCUT2D eigenvalue weighted by Gasteiger charge is -2.10. The van der Waals surface area contributed by atoms with Gasteiger partial charge in [0, 0.05) is 5.69 Å². The van der Waals surface area contributed by atoms with E-state index in [2.05, 4.69) is 17.7 Å². The minimum atomic E-state index is 0.441. The standard InChI is InChI=1S/C13H20N2O2S/c1-3-5-10-16-12-8-6-11(7-9-12)14-13(18)15-17-4-2/h6-9H,3-5,10H2,1-2H3,(H2,14,15,18). The fourth-order valence-electron chi connectivity index (χ4n) is 1.26. The number of benzene rings is 1. The minimum absolute atomic E-state index is 0.441. The summed E-state index contributed by atoms with van der Waals surface area (Å²) in [7, 11) is 0. The quantitative estimate of drug-likeness (QED) is 0.452. The van der Waals surface area contributed by atoms with Crippen LogP contribution in [-0.2, 0) is 4.84 Å². The molecule has 0 bridgehead atoms. The first kappa shape index (κ1) is 14.7. The molecule has 0 aliphatic heterocycles. The van der Waals surface area contributed by atoms with Gasteiger partial charge < -0.3 is 10.1 Å². The van der Waals surface area contributed by atoms with Crippen LogP contribution in [0.15, 0.2) is 24.3 Å². The summed E-state index contributed by atoms with van der Waals surface area (Å²) in [6, 6.07) is 7.67. The molecule has 0 radical (unpaired) electrons. The van der Waals surface area contributed by atoms with Crippen molar-refractivity contribution in [2.75, 3.05) is 18.5 Å². The summed E-state index contributed by atoms with van der Waals surface area (Å²) in [4.78, 5) is 4.98. The second-order valence-electron chi connectivity index (χ2n) is 3.72. The van der Waals surface area contributed by atoms with E-state index >= 15 is 0 Å². The molecular formula is C13H20N2O2S. The van der Waals surface area contributed by atoms with E-state index in [9.17, 15) is 0 Å². The van der Waals surface area contributed by atoms with E-state index in [0.29, 0.717) is 11.7 Å². The maximum atomic E-state index is 5.57. The van der Waals surface area contributed by atoms with Crippen molar-refractivity contribution in [3.05, 3.63) is 24.3 Å². The number of hydrogen-bond acceptors (Lipinski definition) is 3. The van der Waals surface area contributed by atoms with Crippen molar-refractivity contribution in [2.24, 2.45) is 0 Å². The zero-order valence-corrected chi connectivity index (χ0v) is 11.7. The molecule has 0 aromatic heterocycles. The van der Waals surface area contributed by atoms with Crippen LogP contribution >= 0.6 is 12.2 Å². The molecule has 0 atom stereocenters. The first-order valence-corrected chi connectivity index (χ1v) is 6.58. The van der Waals surface area contributed by atoms with Crippen molar-refractivity contribution in [3.63, 3.8) is 0 Å². The molecule has 1 aromatic carbocycles. The van der Waals surface area contributed by atoms with E-state index in [1.54, 1.807) is 0 Å². The third kappa shape index (κ3) is 5.84. The van der Waals surface area contributed by atoms with Crippen LogP contribution in [-0.4, -0.2) is 18.3 Å². The summed E-state index contributed by atoms with van der Waals surface area (Å²) in [5.74, 6) is 0.873. The van der Waals surface area contributed by atoms with Crippen molar-refractivity contribution in [2.45, 2.75) is 26.7 Å². The van der Waals surface area contributed by atoms with Crippen LogP contribution in [0.4, 0.5) is 5.69 Å². The highest BCUT2D eigenvalue weighted by Crippen LogP contribution is 2.15. The van der Waals surface area contributed by atoms with Crippen molar-refractivity contribution < 1.29 is 9.57 Å². The van der Waals surface area contributed by atoms with Gasteiger partial charge in [0.1, 0.15) is 5.75 Å². The maximum Gasteiger partial charge on any atom is 0.195 e. The molecule has 0 saturated carbocycles. The number of ether oxygens (including phenoxy) is 1. The number of unbranched alkanes of at least 4 members (excludes halogenated alkanes) is 1. The SMILES string of the molecule is CCCCOc1ccc(NC(=S)NOCC)cc1. The largest absolute Gasteiger partial charge is 0.494 e. The van der Waals surface area contributed by atoms with Gasteiger partial charge in [-0.15, -0.1) is 0 Å². The average Bonchev–Trinajstić information content (AvgIpc) is 2.39. The zero-order valence-electron chi connectivity index (χ0n) is 10.9. The second kappa shape index (κ2) is 8.72.